The molecule has 1 aromatic carbocycles. The van der Waals surface area contributed by atoms with Crippen LogP contribution in [-0.2, 0) is 26.0 Å². The Morgan fingerprint density at radius 2 is 1.81 bits per heavy atom. The van der Waals surface area contributed by atoms with Crippen LogP contribution in [0, 0.1) is 0 Å². The molecule has 0 aromatic heterocycles. The lowest BCUT2D eigenvalue weighted by Gasteiger charge is -2.26. The zero-order valence-electron chi connectivity index (χ0n) is 14.9. The zero-order chi connectivity index (χ0) is 20.0. The van der Waals surface area contributed by atoms with Crippen molar-refractivity contribution in [2.24, 2.45) is 5.11 Å². The summed E-state index contributed by atoms with van der Waals surface area (Å²) in [5.41, 5.74) is 8.13. The van der Waals surface area contributed by atoms with E-state index in [1.54, 1.807) is 20.8 Å². The van der Waals surface area contributed by atoms with Crippen molar-refractivity contribution in [3.8, 4) is 0 Å². The normalized spacial score (nSPS) is 11.2. The number of hydrogen-bond donors (Lipinski definition) is 0. The molecule has 10 nitrogen and oxygen atoms in total. The molecule has 0 aliphatic rings. The molecule has 0 fully saturated rings. The molecule has 0 aliphatic heterocycles. The van der Waals surface area contributed by atoms with Crippen LogP contribution >= 0.6 is 0 Å². The second kappa shape index (κ2) is 8.54. The van der Waals surface area contributed by atoms with Crippen LogP contribution < -0.4 is 0 Å². The third-order valence-electron chi connectivity index (χ3n) is 2.92. The molecule has 0 saturated carbocycles. The number of methoxy groups -OCH3 is 1. The number of hydrogen-bond acceptors (Lipinski definition) is 7. The van der Waals surface area contributed by atoms with Crippen LogP contribution in [0.5, 0.6) is 0 Å². The Hall–Kier alpha value is -2.78. The second-order valence-electron chi connectivity index (χ2n) is 6.15. The fourth-order valence-electron chi connectivity index (χ4n) is 1.79. The largest absolute Gasteiger partial charge is 0.465 e. The molecule has 1 rings (SSSR count). The number of rotatable bonds is 6. The van der Waals surface area contributed by atoms with Crippen LogP contribution in [-0.4, -0.2) is 43.4 Å². The van der Waals surface area contributed by atoms with Crippen LogP contribution in [0.1, 0.15) is 36.7 Å². The summed E-state index contributed by atoms with van der Waals surface area (Å²) in [5.74, 6) is -1.47. The van der Waals surface area contributed by atoms with E-state index in [0.29, 0.717) is 9.87 Å². The van der Waals surface area contributed by atoms with Crippen molar-refractivity contribution >= 4 is 22.1 Å². The molecule has 0 saturated heterocycles. The standard InChI is InChI=1S/C15H20N4O6S/c1-15(2,3)25-14(21)19(26(22,23)10-17-18-16)9-11-5-7-12(8-6-11)13(20)24-4/h5-8H,9-10H2,1-4H3. The van der Waals surface area contributed by atoms with Crippen molar-refractivity contribution in [3.05, 3.63) is 45.8 Å². The average Bonchev–Trinajstić information content (AvgIpc) is 2.56. The van der Waals surface area contributed by atoms with E-state index < -0.39 is 33.6 Å². The molecule has 1 aromatic rings. The third-order valence-corrected chi connectivity index (χ3v) is 4.31. The van der Waals surface area contributed by atoms with Gasteiger partial charge in [-0.25, -0.2) is 18.0 Å². The van der Waals surface area contributed by atoms with Crippen molar-refractivity contribution in [2.45, 2.75) is 32.9 Å². The molecule has 142 valence electrons. The molecule has 0 atom stereocenters. The molecule has 0 radical (unpaired) electrons. The summed E-state index contributed by atoms with van der Waals surface area (Å²) >= 11 is 0. The van der Waals surface area contributed by atoms with Crippen molar-refractivity contribution in [2.75, 3.05) is 13.0 Å². The van der Waals surface area contributed by atoms with E-state index in [1.807, 2.05) is 0 Å². The maximum Gasteiger partial charge on any atom is 0.424 e. The molecule has 0 aliphatic carbocycles. The summed E-state index contributed by atoms with van der Waals surface area (Å²) in [7, 11) is -3.00. The lowest BCUT2D eigenvalue weighted by atomic mass is 10.1. The van der Waals surface area contributed by atoms with Crippen molar-refractivity contribution < 1.29 is 27.5 Å². The number of azide groups is 1. The van der Waals surface area contributed by atoms with E-state index >= 15 is 0 Å². The summed E-state index contributed by atoms with van der Waals surface area (Å²) in [5, 5.41) is 3.02. The number of carbonyl (C=O) groups is 2. The zero-order valence-corrected chi connectivity index (χ0v) is 15.7. The van der Waals surface area contributed by atoms with Gasteiger partial charge in [-0.3, -0.25) is 0 Å². The Morgan fingerprint density at radius 3 is 2.27 bits per heavy atom. The van der Waals surface area contributed by atoms with Crippen LogP contribution in [0.25, 0.3) is 10.4 Å². The topological polar surface area (TPSA) is 139 Å². The van der Waals surface area contributed by atoms with Gasteiger partial charge in [0.15, 0.2) is 0 Å². The lowest BCUT2D eigenvalue weighted by Crippen LogP contribution is -2.41. The summed E-state index contributed by atoms with van der Waals surface area (Å²) in [6, 6.07) is 5.84. The van der Waals surface area contributed by atoms with Crippen molar-refractivity contribution in [3.63, 3.8) is 0 Å². The minimum Gasteiger partial charge on any atom is -0.465 e. The highest BCUT2D eigenvalue weighted by Crippen LogP contribution is 2.17. The van der Waals surface area contributed by atoms with E-state index in [2.05, 4.69) is 14.8 Å². The summed E-state index contributed by atoms with van der Waals surface area (Å²) in [6.45, 7) is 4.43. The Morgan fingerprint density at radius 1 is 1.23 bits per heavy atom. The van der Waals surface area contributed by atoms with Gasteiger partial charge in [0.2, 0.25) is 10.0 Å². The van der Waals surface area contributed by atoms with Gasteiger partial charge in [-0.05, 0) is 44.0 Å². The molecule has 11 heteroatoms. The summed E-state index contributed by atoms with van der Waals surface area (Å²) in [4.78, 5) is 26.2. The number of nitrogens with zero attached hydrogens (tertiary/aromatic N) is 4. The molecule has 0 spiro atoms. The fraction of sp³-hybridized carbons (Fsp3) is 0.467. The minimum atomic E-state index is -4.24. The Bertz CT molecular complexity index is 808. The first kappa shape index (κ1) is 21.3. The minimum absolute atomic E-state index is 0.275. The lowest BCUT2D eigenvalue weighted by molar-refractivity contribution is 0.0381. The highest BCUT2D eigenvalue weighted by atomic mass is 32.2. The predicted molar refractivity (Wildman–Crippen MR) is 92.5 cm³/mol. The third kappa shape index (κ3) is 6.26. The van der Waals surface area contributed by atoms with Gasteiger partial charge in [0.05, 0.1) is 19.2 Å². The maximum absolute atomic E-state index is 12.3. The van der Waals surface area contributed by atoms with Crippen molar-refractivity contribution in [1.82, 2.24) is 4.31 Å². The van der Waals surface area contributed by atoms with Gasteiger partial charge in [-0.15, -0.1) is 0 Å². The summed E-state index contributed by atoms with van der Waals surface area (Å²) in [6.07, 6.45) is -1.09. The highest BCUT2D eigenvalue weighted by Gasteiger charge is 2.31. The Balaban J connectivity index is 3.14. The molecule has 26 heavy (non-hydrogen) atoms. The van der Waals surface area contributed by atoms with Crippen LogP contribution in [0.3, 0.4) is 0 Å². The van der Waals surface area contributed by atoms with Gasteiger partial charge in [-0.2, -0.15) is 4.31 Å². The Kier molecular flexibility index (Phi) is 6.99. The quantitative estimate of drug-likeness (QED) is 0.320. The first-order valence-electron chi connectivity index (χ1n) is 7.41. The van der Waals surface area contributed by atoms with Crippen LogP contribution in [0.15, 0.2) is 29.4 Å². The van der Waals surface area contributed by atoms with Crippen molar-refractivity contribution in [1.29, 1.82) is 0 Å². The summed E-state index contributed by atoms with van der Waals surface area (Å²) < 4.78 is 34.8. The molecule has 0 N–H and O–H groups in total. The molecule has 0 bridgehead atoms. The first-order chi connectivity index (χ1) is 12.0. The van der Waals surface area contributed by atoms with E-state index in [1.165, 1.54) is 31.4 Å². The monoisotopic (exact) mass is 384 g/mol. The highest BCUT2D eigenvalue weighted by molar-refractivity contribution is 7.89. The van der Waals surface area contributed by atoms with Gasteiger partial charge in [0.25, 0.3) is 0 Å². The number of carbonyl (C=O) groups excluding carboxylic acids is 2. The molecule has 1 amide bonds. The Labute approximate surface area is 151 Å². The van der Waals surface area contributed by atoms with E-state index in [-0.39, 0.29) is 12.1 Å². The first-order valence-corrected chi connectivity index (χ1v) is 9.02. The maximum atomic E-state index is 12.3. The number of ether oxygens (including phenoxy) is 2. The molecule has 0 heterocycles. The number of benzene rings is 1. The second-order valence-corrected chi connectivity index (χ2v) is 8.01. The smallest absolute Gasteiger partial charge is 0.424 e. The molecular formula is C15H20N4O6S. The SMILES string of the molecule is COC(=O)c1ccc(CN(C(=O)OC(C)(C)C)S(=O)(=O)CN=[N+]=[N-])cc1. The van der Waals surface area contributed by atoms with E-state index in [4.69, 9.17) is 10.3 Å². The predicted octanol–water partition coefficient (Wildman–Crippen LogP) is 2.81. The van der Waals surface area contributed by atoms with Gasteiger partial charge >= 0.3 is 12.1 Å². The number of amides is 1. The molecular weight excluding hydrogens is 364 g/mol. The fourth-order valence-corrected chi connectivity index (χ4v) is 2.73. The van der Waals surface area contributed by atoms with Gasteiger partial charge < -0.3 is 9.47 Å². The number of sulfonamides is 1. The number of esters is 1. The van der Waals surface area contributed by atoms with Gasteiger partial charge in [-0.1, -0.05) is 17.2 Å². The van der Waals surface area contributed by atoms with E-state index in [9.17, 15) is 18.0 Å². The molecule has 0 unspecified atom stereocenters. The van der Waals surface area contributed by atoms with E-state index in [0.717, 1.165) is 0 Å². The van der Waals surface area contributed by atoms with Crippen LogP contribution in [0.4, 0.5) is 4.79 Å². The van der Waals surface area contributed by atoms with Gasteiger partial charge in [0, 0.05) is 4.91 Å². The van der Waals surface area contributed by atoms with Gasteiger partial charge in [0.1, 0.15) is 11.5 Å². The van der Waals surface area contributed by atoms with Crippen LogP contribution in [0.2, 0.25) is 0 Å². The average molecular weight is 384 g/mol.